The average molecular weight is 596 g/mol. The number of carbonyl (C=O) groups is 1. The van der Waals surface area contributed by atoms with Gasteiger partial charge in [-0.25, -0.2) is 14.2 Å². The number of para-hydroxylation sites is 1. The highest BCUT2D eigenvalue weighted by atomic mass is 35.5. The second-order valence-corrected chi connectivity index (χ2v) is 12.1. The zero-order valence-corrected chi connectivity index (χ0v) is 23.8. The minimum absolute atomic E-state index is 0.126. The molecule has 0 amide bonds. The van der Waals surface area contributed by atoms with Crippen molar-refractivity contribution in [2.24, 2.45) is 0 Å². The number of thiophene rings is 1. The first-order valence-electron chi connectivity index (χ1n) is 13.5. The number of aromatic nitrogens is 2. The Morgan fingerprint density at radius 2 is 2.12 bits per heavy atom. The van der Waals surface area contributed by atoms with E-state index in [0.717, 1.165) is 53.3 Å². The molecule has 212 valence electrons. The van der Waals surface area contributed by atoms with Gasteiger partial charge in [0.25, 0.3) is 5.79 Å². The molecule has 0 spiro atoms. The van der Waals surface area contributed by atoms with Crippen molar-refractivity contribution < 1.29 is 28.5 Å². The van der Waals surface area contributed by atoms with Crippen molar-refractivity contribution >= 4 is 44.8 Å². The van der Waals surface area contributed by atoms with E-state index in [-0.39, 0.29) is 11.7 Å². The number of carboxylic acids is 1. The van der Waals surface area contributed by atoms with Crippen LogP contribution in [0.15, 0.2) is 48.5 Å². The molecule has 1 N–H and O–H groups in total. The fourth-order valence-corrected chi connectivity index (χ4v) is 6.72. The third kappa shape index (κ3) is 4.78. The Balaban J connectivity index is 1.11. The van der Waals surface area contributed by atoms with E-state index in [2.05, 4.69) is 15.5 Å². The summed E-state index contributed by atoms with van der Waals surface area (Å²) in [5, 5.41) is 9.76. The molecule has 0 bridgehead atoms. The first-order valence-corrected chi connectivity index (χ1v) is 14.7. The highest BCUT2D eigenvalue weighted by molar-refractivity contribution is 7.20. The maximum Gasteiger partial charge on any atom is 0.346 e. The molecule has 11 heteroatoms. The number of ether oxygens (including phenoxy) is 3. The van der Waals surface area contributed by atoms with Crippen molar-refractivity contribution in [2.75, 3.05) is 19.7 Å². The molecule has 0 radical (unpaired) electrons. The number of nitrogens with zero attached hydrogens (tertiary/aromatic N) is 3. The summed E-state index contributed by atoms with van der Waals surface area (Å²) in [7, 11) is 0. The van der Waals surface area contributed by atoms with E-state index in [9.17, 15) is 14.3 Å². The summed E-state index contributed by atoms with van der Waals surface area (Å²) in [4.78, 5) is 19.7. The lowest BCUT2D eigenvalue weighted by Crippen LogP contribution is -2.33. The molecule has 2 atom stereocenters. The predicted molar refractivity (Wildman–Crippen MR) is 153 cm³/mol. The second kappa shape index (κ2) is 10.1. The topological polar surface area (TPSA) is 86.1 Å². The van der Waals surface area contributed by atoms with E-state index in [1.54, 1.807) is 25.1 Å². The van der Waals surface area contributed by atoms with Crippen molar-refractivity contribution in [3.05, 3.63) is 81.2 Å². The minimum atomic E-state index is -1.30. The van der Waals surface area contributed by atoms with E-state index in [4.69, 9.17) is 30.8 Å². The zero-order valence-electron chi connectivity index (χ0n) is 22.2. The number of imidazole rings is 1. The molecule has 0 saturated carbocycles. The number of halogens is 2. The number of benzene rings is 2. The second-order valence-electron chi connectivity index (χ2n) is 10.6. The molecular weight excluding hydrogens is 569 g/mol. The quantitative estimate of drug-likeness (QED) is 0.268. The smallest absolute Gasteiger partial charge is 0.346 e. The number of hydrogen-bond acceptors (Lipinski definition) is 7. The van der Waals surface area contributed by atoms with Gasteiger partial charge in [0.1, 0.15) is 21.3 Å². The Morgan fingerprint density at radius 1 is 1.27 bits per heavy atom. The van der Waals surface area contributed by atoms with Crippen LogP contribution in [0.25, 0.3) is 15.9 Å². The van der Waals surface area contributed by atoms with Crippen LogP contribution in [0.2, 0.25) is 5.02 Å². The van der Waals surface area contributed by atoms with Gasteiger partial charge in [0.15, 0.2) is 11.5 Å². The monoisotopic (exact) mass is 595 g/mol. The Kier molecular flexibility index (Phi) is 6.54. The molecule has 4 aromatic rings. The van der Waals surface area contributed by atoms with Crippen molar-refractivity contribution in [3.8, 4) is 11.5 Å². The van der Waals surface area contributed by atoms with E-state index < -0.39 is 17.6 Å². The summed E-state index contributed by atoms with van der Waals surface area (Å²) in [6, 6.07) is 12.0. The van der Waals surface area contributed by atoms with Gasteiger partial charge in [-0.2, -0.15) is 0 Å². The first kappa shape index (κ1) is 26.5. The Labute approximate surface area is 244 Å². The maximum atomic E-state index is 14.8. The van der Waals surface area contributed by atoms with Gasteiger partial charge in [-0.3, -0.25) is 4.90 Å². The molecule has 3 aliphatic heterocycles. The zero-order chi connectivity index (χ0) is 28.3. The number of hydrogen-bond donors (Lipinski definition) is 1. The van der Waals surface area contributed by atoms with Gasteiger partial charge in [-0.15, -0.1) is 11.3 Å². The number of rotatable bonds is 7. The summed E-state index contributed by atoms with van der Waals surface area (Å²) in [5.74, 6) is -0.631. The summed E-state index contributed by atoms with van der Waals surface area (Å²) >= 11 is 7.16. The van der Waals surface area contributed by atoms with Gasteiger partial charge < -0.3 is 23.9 Å². The SMILES string of the molecule is C[C@@]1(c2ccc(Cl)cc2F)Oc2cccc(C3=CCN(Cc4nc5sc(C(=O)O)cc5n4C[C@@H]4CCO4)CC3)c2O1. The highest BCUT2D eigenvalue weighted by Crippen LogP contribution is 2.49. The average Bonchev–Trinajstić information content (AvgIpc) is 3.57. The highest BCUT2D eigenvalue weighted by Gasteiger charge is 2.42. The minimum Gasteiger partial charge on any atom is -0.477 e. The third-order valence-corrected chi connectivity index (χ3v) is 9.16. The van der Waals surface area contributed by atoms with Crippen LogP contribution < -0.4 is 9.47 Å². The van der Waals surface area contributed by atoms with Crippen LogP contribution in [0.4, 0.5) is 4.39 Å². The van der Waals surface area contributed by atoms with Crippen LogP contribution in [0, 0.1) is 5.82 Å². The molecule has 3 aliphatic rings. The lowest BCUT2D eigenvalue weighted by molar-refractivity contribution is -0.0708. The van der Waals surface area contributed by atoms with Crippen LogP contribution in [0.1, 0.15) is 46.4 Å². The normalized spacial score (nSPS) is 22.1. The standard InChI is InChI=1S/C30H27ClFN3O5S/c1-30(21-6-5-18(31)13-22(21)32)39-24-4-2-3-20(27(24)40-30)17-7-10-34(11-8-17)16-26-33-28-23(14-25(41-28)29(36)37)35(26)15-19-9-12-38-19/h2-7,13-14,19H,8-12,15-16H2,1H3,(H,36,37)/t19-,30+/m0/s1. The van der Waals surface area contributed by atoms with Crippen LogP contribution in [-0.4, -0.2) is 51.3 Å². The molecule has 5 heterocycles. The van der Waals surface area contributed by atoms with E-state index in [1.165, 1.54) is 17.4 Å². The fraction of sp³-hybridized carbons (Fsp3) is 0.333. The molecule has 2 aromatic heterocycles. The van der Waals surface area contributed by atoms with Crippen molar-refractivity contribution in [2.45, 2.75) is 44.7 Å². The fourth-order valence-electron chi connectivity index (χ4n) is 5.67. The Bertz CT molecular complexity index is 1710. The van der Waals surface area contributed by atoms with Gasteiger partial charge in [0.2, 0.25) is 0 Å². The molecule has 0 aliphatic carbocycles. The molecule has 1 saturated heterocycles. The van der Waals surface area contributed by atoms with Crippen LogP contribution in [0.5, 0.6) is 11.5 Å². The predicted octanol–water partition coefficient (Wildman–Crippen LogP) is 6.31. The van der Waals surface area contributed by atoms with Crippen molar-refractivity contribution in [1.29, 1.82) is 0 Å². The van der Waals surface area contributed by atoms with Gasteiger partial charge in [0.05, 0.1) is 30.3 Å². The van der Waals surface area contributed by atoms with Gasteiger partial charge in [-0.05, 0) is 48.7 Å². The van der Waals surface area contributed by atoms with E-state index in [1.807, 2.05) is 18.2 Å². The number of carboxylic acid groups (broad SMARTS) is 1. The molecule has 1 fully saturated rings. The lowest BCUT2D eigenvalue weighted by Gasteiger charge is -2.29. The van der Waals surface area contributed by atoms with E-state index >= 15 is 0 Å². The summed E-state index contributed by atoms with van der Waals surface area (Å²) in [5.41, 5.74) is 3.21. The molecule has 0 unspecified atom stereocenters. The van der Waals surface area contributed by atoms with Crippen molar-refractivity contribution in [3.63, 3.8) is 0 Å². The first-order chi connectivity index (χ1) is 19.8. The van der Waals surface area contributed by atoms with Crippen molar-refractivity contribution in [1.82, 2.24) is 14.5 Å². The summed E-state index contributed by atoms with van der Waals surface area (Å²) in [6.07, 6.45) is 4.09. The molecular formula is C30H27ClFN3O5S. The van der Waals surface area contributed by atoms with E-state index in [0.29, 0.717) is 41.0 Å². The maximum absolute atomic E-state index is 14.8. The Morgan fingerprint density at radius 3 is 2.83 bits per heavy atom. The third-order valence-electron chi connectivity index (χ3n) is 7.92. The molecule has 7 rings (SSSR count). The summed E-state index contributed by atoms with van der Waals surface area (Å²) in [6.45, 7) is 5.29. The lowest BCUT2D eigenvalue weighted by atomic mass is 9.98. The summed E-state index contributed by atoms with van der Waals surface area (Å²) < 4.78 is 35.0. The van der Waals surface area contributed by atoms with Gasteiger partial charge in [0, 0.05) is 37.2 Å². The van der Waals surface area contributed by atoms with Gasteiger partial charge >= 0.3 is 5.97 Å². The molecule has 41 heavy (non-hydrogen) atoms. The van der Waals surface area contributed by atoms with Crippen LogP contribution in [0.3, 0.4) is 0 Å². The molecule has 2 aromatic carbocycles. The number of aromatic carboxylic acids is 1. The largest absolute Gasteiger partial charge is 0.477 e. The van der Waals surface area contributed by atoms with Crippen LogP contribution >= 0.6 is 22.9 Å². The Hall–Kier alpha value is -3.44. The van der Waals surface area contributed by atoms with Crippen LogP contribution in [-0.2, 0) is 23.6 Å². The van der Waals surface area contributed by atoms with Gasteiger partial charge in [-0.1, -0.05) is 29.8 Å². The molecule has 8 nitrogen and oxygen atoms in total. The number of fused-ring (bicyclic) bond motifs is 2.